The van der Waals surface area contributed by atoms with E-state index >= 15 is 4.39 Å². The number of aliphatic hydroxyl groups is 1. The fourth-order valence-corrected chi connectivity index (χ4v) is 8.31. The predicted molar refractivity (Wildman–Crippen MR) is 286 cm³/mol. The van der Waals surface area contributed by atoms with Crippen molar-refractivity contribution in [2.45, 2.75) is 110 Å². The third-order valence-corrected chi connectivity index (χ3v) is 12.4. The zero-order chi connectivity index (χ0) is 59.5. The Morgan fingerprint density at radius 1 is 0.775 bits per heavy atom. The van der Waals surface area contributed by atoms with Gasteiger partial charge in [-0.15, -0.1) is 0 Å². The summed E-state index contributed by atoms with van der Waals surface area (Å²) < 4.78 is 47.2. The van der Waals surface area contributed by atoms with Crippen LogP contribution in [0.25, 0.3) is 11.1 Å². The van der Waals surface area contributed by atoms with Gasteiger partial charge in [-0.25, -0.2) is 8.78 Å². The quantitative estimate of drug-likeness (QED) is 0.0382. The predicted octanol–water partition coefficient (Wildman–Crippen LogP) is 1.85. The van der Waals surface area contributed by atoms with Gasteiger partial charge in [-0.2, -0.15) is 0 Å². The minimum Gasteiger partial charge on any atom is -0.481 e. The second-order valence-corrected chi connectivity index (χ2v) is 20.1. The Bertz CT molecular complexity index is 2590. The van der Waals surface area contributed by atoms with Crippen molar-refractivity contribution in [1.29, 1.82) is 0 Å². The number of Topliss-reactive ketones (excluding diaryl/α,β-unsaturated/α-hetero) is 2. The number of hydrogen-bond donors (Lipinski definition) is 8. The SMILES string of the molecule is COCCOCCOCC(=O)N[C@@H](C)C(=O)C[C@H](C)C(=O)N[C@@H](CC(N)=O)C(=O)N[C@@H](CCN(C(=O)CO)[C@@H](c1cc(-c2cc(F)ccc2F)cn1Cc1ccccc1)C(C)(C)C)C(=O)NCCCC(=O)CNC(=O)CCC(=O)O. The molecule has 5 atom stereocenters. The lowest BCUT2D eigenvalue weighted by Crippen LogP contribution is -2.56. The van der Waals surface area contributed by atoms with Crippen LogP contribution in [-0.2, 0) is 68.7 Å². The zero-order valence-electron chi connectivity index (χ0n) is 46.1. The summed E-state index contributed by atoms with van der Waals surface area (Å²) in [5.74, 6) is -10.7. The number of primary amides is 1. The lowest BCUT2D eigenvalue weighted by atomic mass is 9.82. The van der Waals surface area contributed by atoms with E-state index in [2.05, 4.69) is 26.6 Å². The number of rotatable bonds is 37. The molecule has 0 aliphatic rings. The number of carboxylic acid groups (broad SMARTS) is 1. The summed E-state index contributed by atoms with van der Waals surface area (Å²) in [4.78, 5) is 131. The van der Waals surface area contributed by atoms with E-state index in [0.29, 0.717) is 18.9 Å². The monoisotopic (exact) mass is 1130 g/mol. The van der Waals surface area contributed by atoms with E-state index in [-0.39, 0.29) is 76.3 Å². The van der Waals surface area contributed by atoms with Gasteiger partial charge in [0.25, 0.3) is 0 Å². The number of halogens is 2. The number of ketones is 2. The van der Waals surface area contributed by atoms with Gasteiger partial charge in [0.2, 0.25) is 41.4 Å². The summed E-state index contributed by atoms with van der Waals surface area (Å²) in [5.41, 5.74) is 6.05. The number of nitrogens with two attached hydrogens (primary N) is 1. The molecule has 9 N–H and O–H groups in total. The number of aliphatic carboxylic acids is 1. The van der Waals surface area contributed by atoms with Crippen molar-refractivity contribution < 1.29 is 81.1 Å². The molecule has 1 heterocycles. The lowest BCUT2D eigenvalue weighted by molar-refractivity contribution is -0.140. The van der Waals surface area contributed by atoms with Crippen LogP contribution < -0.4 is 32.3 Å². The number of methoxy groups -OCH3 is 1. The summed E-state index contributed by atoms with van der Waals surface area (Å²) in [6.45, 7) is 7.07. The first-order valence-corrected chi connectivity index (χ1v) is 26.1. The number of amides is 7. The van der Waals surface area contributed by atoms with Crippen LogP contribution in [0.2, 0.25) is 0 Å². The van der Waals surface area contributed by atoms with Gasteiger partial charge in [0, 0.05) is 74.9 Å². The Morgan fingerprint density at radius 3 is 2.10 bits per heavy atom. The summed E-state index contributed by atoms with van der Waals surface area (Å²) >= 11 is 0. The fraction of sp³-hybridized carbons (Fsp3) is 0.527. The van der Waals surface area contributed by atoms with E-state index in [9.17, 15) is 57.4 Å². The molecule has 0 unspecified atom stereocenters. The molecule has 2 aromatic carbocycles. The molecule has 25 heteroatoms. The number of benzene rings is 2. The third-order valence-electron chi connectivity index (χ3n) is 12.4. The molecule has 0 saturated heterocycles. The average molecular weight is 1130 g/mol. The molecule has 80 heavy (non-hydrogen) atoms. The normalized spacial score (nSPS) is 13.2. The number of aliphatic hydroxyl groups excluding tert-OH is 1. The van der Waals surface area contributed by atoms with Gasteiger partial charge in [0.1, 0.15) is 36.9 Å². The largest absolute Gasteiger partial charge is 0.481 e. The molecule has 3 aromatic rings. The first-order chi connectivity index (χ1) is 37.8. The molecule has 0 bridgehead atoms. The van der Waals surface area contributed by atoms with E-state index in [1.165, 1.54) is 25.9 Å². The van der Waals surface area contributed by atoms with Crippen LogP contribution in [-0.4, -0.2) is 163 Å². The molecular weight excluding hydrogens is 1050 g/mol. The maximum Gasteiger partial charge on any atom is 0.303 e. The Morgan fingerprint density at radius 2 is 1.45 bits per heavy atom. The van der Waals surface area contributed by atoms with Crippen LogP contribution in [0.15, 0.2) is 60.8 Å². The van der Waals surface area contributed by atoms with Gasteiger partial charge in [-0.1, -0.05) is 58.0 Å². The molecule has 0 aliphatic heterocycles. The highest BCUT2D eigenvalue weighted by atomic mass is 19.1. The number of nitrogens with one attached hydrogen (secondary N) is 5. The number of nitrogens with zero attached hydrogens (tertiary/aromatic N) is 2. The summed E-state index contributed by atoms with van der Waals surface area (Å²) in [7, 11) is 1.52. The van der Waals surface area contributed by atoms with Crippen molar-refractivity contribution >= 4 is 58.9 Å². The van der Waals surface area contributed by atoms with Crippen LogP contribution >= 0.6 is 0 Å². The summed E-state index contributed by atoms with van der Waals surface area (Å²) in [6.07, 6.45) is -0.870. The van der Waals surface area contributed by atoms with E-state index < -0.39 is 138 Å². The van der Waals surface area contributed by atoms with Crippen molar-refractivity contribution in [2.24, 2.45) is 17.1 Å². The van der Waals surface area contributed by atoms with E-state index in [4.69, 9.17) is 25.1 Å². The number of ether oxygens (including phenoxy) is 3. The Balaban J connectivity index is 1.94. The topological polar surface area (TPSA) is 333 Å². The van der Waals surface area contributed by atoms with Crippen LogP contribution in [0.1, 0.15) is 96.9 Å². The zero-order valence-corrected chi connectivity index (χ0v) is 46.1. The highest BCUT2D eigenvalue weighted by Crippen LogP contribution is 2.41. The molecule has 0 saturated carbocycles. The Labute approximate surface area is 463 Å². The Kier molecular flexibility index (Phi) is 28.3. The van der Waals surface area contributed by atoms with Crippen LogP contribution in [0, 0.1) is 23.0 Å². The molecule has 7 amide bonds. The first kappa shape index (κ1) is 66.8. The van der Waals surface area contributed by atoms with Crippen molar-refractivity contribution in [1.82, 2.24) is 36.1 Å². The highest BCUT2D eigenvalue weighted by molar-refractivity contribution is 5.97. The summed E-state index contributed by atoms with van der Waals surface area (Å²) in [5, 5.41) is 31.7. The van der Waals surface area contributed by atoms with Crippen molar-refractivity contribution in [3.05, 3.63) is 83.7 Å². The number of hydrogen-bond acceptors (Lipinski definition) is 14. The molecule has 0 aliphatic carbocycles. The van der Waals surface area contributed by atoms with Gasteiger partial charge in [-0.3, -0.25) is 47.9 Å². The van der Waals surface area contributed by atoms with Gasteiger partial charge in [-0.05, 0) is 55.0 Å². The number of carbonyl (C=O) groups is 10. The second-order valence-electron chi connectivity index (χ2n) is 20.1. The van der Waals surface area contributed by atoms with Gasteiger partial charge >= 0.3 is 5.97 Å². The maximum absolute atomic E-state index is 15.4. The number of aromatic nitrogens is 1. The lowest BCUT2D eigenvalue weighted by Gasteiger charge is -2.41. The third kappa shape index (κ3) is 23.5. The highest BCUT2D eigenvalue weighted by Gasteiger charge is 2.39. The number of carbonyl (C=O) groups excluding carboxylic acids is 9. The molecule has 0 fully saturated rings. The van der Waals surface area contributed by atoms with Gasteiger partial charge in [0.05, 0.1) is 57.9 Å². The standard InChI is InChI=1S/C55H76F2N8O15/c1-34(25-45(68)35(2)61-48(71)33-80-24-23-79-22-21-78-6)52(75)63-43(28-46(58)69)54(77)62-42(53(76)59-19-10-13-39(67)29-60-47(70)16-17-50(73)74)18-20-65(49(72)32-66)51(55(3,4)5)44-26-37(40-27-38(56)14-15-41(40)57)31-64(44)30-36-11-8-7-9-12-36/h7-9,11-12,14-15,26-27,31,34-35,42-43,51,66H,10,13,16-25,28-30,32-33H2,1-6H3,(H2,58,69)(H,59,76)(H,60,70)(H,61,71)(H,62,77)(H,63,75)(H,73,74)/t34-,35-,42-,43-,51-/m0/s1. The molecule has 0 radical (unpaired) electrons. The Hall–Kier alpha value is -7.48. The molecule has 23 nitrogen and oxygen atoms in total. The van der Waals surface area contributed by atoms with Crippen LogP contribution in [0.4, 0.5) is 8.78 Å². The first-order valence-electron chi connectivity index (χ1n) is 26.1. The minimum atomic E-state index is -1.72. The fourth-order valence-electron chi connectivity index (χ4n) is 8.31. The molecular formula is C55H76F2N8O15. The van der Waals surface area contributed by atoms with E-state index in [1.807, 2.05) is 30.3 Å². The average Bonchev–Trinajstić information content (AvgIpc) is 3.95. The summed E-state index contributed by atoms with van der Waals surface area (Å²) in [6, 6.07) is 8.42. The van der Waals surface area contributed by atoms with Crippen molar-refractivity contribution in [3.8, 4) is 11.1 Å². The van der Waals surface area contributed by atoms with Gasteiger partial charge in [0.15, 0.2) is 11.6 Å². The maximum atomic E-state index is 15.4. The van der Waals surface area contributed by atoms with Crippen molar-refractivity contribution in [2.75, 3.05) is 66.4 Å². The van der Waals surface area contributed by atoms with Crippen LogP contribution in [0.5, 0.6) is 0 Å². The second kappa shape index (κ2) is 33.8. The van der Waals surface area contributed by atoms with Crippen LogP contribution in [0.3, 0.4) is 0 Å². The van der Waals surface area contributed by atoms with Gasteiger partial charge < -0.3 is 66.2 Å². The van der Waals surface area contributed by atoms with Crippen molar-refractivity contribution in [3.63, 3.8) is 0 Å². The number of carboxylic acids is 1. The molecule has 1 aromatic heterocycles. The van der Waals surface area contributed by atoms with E-state index in [0.717, 1.165) is 23.8 Å². The minimum absolute atomic E-state index is 0.0300. The molecule has 0 spiro atoms. The smallest absolute Gasteiger partial charge is 0.303 e. The van der Waals surface area contributed by atoms with E-state index in [1.54, 1.807) is 37.6 Å². The molecule has 440 valence electrons. The molecule has 3 rings (SSSR count).